The van der Waals surface area contributed by atoms with E-state index in [0.717, 1.165) is 83.0 Å². The van der Waals surface area contributed by atoms with E-state index in [2.05, 4.69) is 199 Å². The third kappa shape index (κ3) is 6.06. The Hall–Kier alpha value is -8.41. The lowest BCUT2D eigenvalue weighted by atomic mass is 10.0. The predicted molar refractivity (Wildman–Crippen MR) is 254 cm³/mol. The van der Waals surface area contributed by atoms with E-state index in [-0.39, 0.29) is 0 Å². The van der Waals surface area contributed by atoms with Crippen molar-refractivity contribution in [3.05, 3.63) is 218 Å². The minimum Gasteiger partial charge on any atom is -0.456 e. The van der Waals surface area contributed by atoms with E-state index in [9.17, 15) is 0 Å². The molecule has 0 aliphatic heterocycles. The molecule has 12 rings (SSSR count). The fourth-order valence-corrected chi connectivity index (χ4v) is 8.91. The van der Waals surface area contributed by atoms with Crippen molar-refractivity contribution in [2.75, 3.05) is 0 Å². The van der Waals surface area contributed by atoms with Gasteiger partial charge in [-0.25, -0.2) is 15.0 Å². The van der Waals surface area contributed by atoms with Gasteiger partial charge in [0.2, 0.25) is 0 Å². The van der Waals surface area contributed by atoms with Crippen LogP contribution in [0.4, 0.5) is 0 Å². The van der Waals surface area contributed by atoms with E-state index in [1.54, 1.807) is 0 Å². The molecule has 290 valence electrons. The van der Waals surface area contributed by atoms with Crippen molar-refractivity contribution >= 4 is 43.7 Å². The number of nitrogens with zero attached hydrogens (tertiary/aromatic N) is 4. The van der Waals surface area contributed by atoms with Gasteiger partial charge in [-0.3, -0.25) is 0 Å². The van der Waals surface area contributed by atoms with Crippen LogP contribution in [0.3, 0.4) is 0 Å². The van der Waals surface area contributed by atoms with Crippen LogP contribution in [-0.2, 0) is 0 Å². The SMILES string of the molecule is c1ccc(-c2ccc(-c3nc(-c4cccc(-c5ccccc5)c4)nc(-c4cccc5oc6ccc7c8ccccc8n(-c8ccc(-c9ccccc9)cc8)c7c6c45)n3)cc2)cc1. The Balaban J connectivity index is 1.09. The standard InChI is InChI=1S/C57H36N4O/c1-4-14-37(15-5-1)40-26-28-42(29-27-40)55-58-56(44-21-12-20-43(36-44)39-18-8-3-9-19-39)60-57(59-55)48-23-13-25-50-52(48)53-51(62-50)35-34-47-46-22-10-11-24-49(46)61(54(47)53)45-32-30-41(31-33-45)38-16-6-2-7-17-38/h1-36H. The molecule has 5 heteroatoms. The van der Waals surface area contributed by atoms with E-state index in [0.29, 0.717) is 17.5 Å². The third-order valence-corrected chi connectivity index (χ3v) is 11.9. The summed E-state index contributed by atoms with van der Waals surface area (Å²) in [6.07, 6.45) is 0. The first-order valence-electron chi connectivity index (χ1n) is 20.8. The quantitative estimate of drug-likeness (QED) is 0.161. The van der Waals surface area contributed by atoms with Gasteiger partial charge in [0, 0.05) is 38.5 Å². The molecule has 0 spiro atoms. The Labute approximate surface area is 357 Å². The molecule has 0 aliphatic rings. The highest BCUT2D eigenvalue weighted by Crippen LogP contribution is 2.44. The molecular formula is C57H36N4O. The second-order valence-electron chi connectivity index (χ2n) is 15.6. The van der Waals surface area contributed by atoms with Crippen LogP contribution in [0, 0.1) is 0 Å². The van der Waals surface area contributed by atoms with Crippen LogP contribution >= 0.6 is 0 Å². The van der Waals surface area contributed by atoms with Crippen LogP contribution in [-0.4, -0.2) is 19.5 Å². The minimum absolute atomic E-state index is 0.572. The lowest BCUT2D eigenvalue weighted by Crippen LogP contribution is -2.01. The van der Waals surface area contributed by atoms with E-state index in [1.807, 2.05) is 24.3 Å². The summed E-state index contributed by atoms with van der Waals surface area (Å²) in [5, 5.41) is 4.29. The maximum Gasteiger partial charge on any atom is 0.164 e. The van der Waals surface area contributed by atoms with Crippen molar-refractivity contribution in [3.8, 4) is 73.2 Å². The van der Waals surface area contributed by atoms with Crippen LogP contribution < -0.4 is 0 Å². The molecule has 3 aromatic heterocycles. The Bertz CT molecular complexity index is 3590. The van der Waals surface area contributed by atoms with Crippen LogP contribution in [0.15, 0.2) is 223 Å². The fraction of sp³-hybridized carbons (Fsp3) is 0. The molecular weight excluding hydrogens is 757 g/mol. The van der Waals surface area contributed by atoms with Crippen molar-refractivity contribution in [1.82, 2.24) is 19.5 Å². The summed E-state index contributed by atoms with van der Waals surface area (Å²) in [7, 11) is 0. The Morgan fingerprint density at radius 3 is 1.52 bits per heavy atom. The molecule has 0 atom stereocenters. The predicted octanol–water partition coefficient (Wildman–Crippen LogP) is 14.9. The van der Waals surface area contributed by atoms with Gasteiger partial charge in [-0.15, -0.1) is 0 Å². The Kier molecular flexibility index (Phi) is 8.42. The molecule has 0 saturated heterocycles. The second-order valence-corrected chi connectivity index (χ2v) is 15.6. The maximum atomic E-state index is 6.75. The summed E-state index contributed by atoms with van der Waals surface area (Å²) in [6, 6.07) is 76.2. The number of benzene rings is 9. The lowest BCUT2D eigenvalue weighted by molar-refractivity contribution is 0.669. The molecule has 0 radical (unpaired) electrons. The normalized spacial score (nSPS) is 11.5. The van der Waals surface area contributed by atoms with E-state index >= 15 is 0 Å². The summed E-state index contributed by atoms with van der Waals surface area (Å²) < 4.78 is 9.13. The van der Waals surface area contributed by atoms with Crippen LogP contribution in [0.2, 0.25) is 0 Å². The molecule has 0 N–H and O–H groups in total. The zero-order chi connectivity index (χ0) is 41.0. The van der Waals surface area contributed by atoms with Gasteiger partial charge in [0.15, 0.2) is 17.5 Å². The molecule has 0 unspecified atom stereocenters. The summed E-state index contributed by atoms with van der Waals surface area (Å²) >= 11 is 0. The van der Waals surface area contributed by atoms with Gasteiger partial charge in [-0.05, 0) is 75.8 Å². The zero-order valence-corrected chi connectivity index (χ0v) is 33.5. The number of fused-ring (bicyclic) bond motifs is 7. The molecule has 0 amide bonds. The van der Waals surface area contributed by atoms with Gasteiger partial charge >= 0.3 is 0 Å². The highest BCUT2D eigenvalue weighted by Gasteiger charge is 2.23. The summed E-state index contributed by atoms with van der Waals surface area (Å²) in [5.41, 5.74) is 14.4. The van der Waals surface area contributed by atoms with Crippen molar-refractivity contribution < 1.29 is 4.42 Å². The van der Waals surface area contributed by atoms with Gasteiger partial charge in [0.05, 0.1) is 16.4 Å². The number of rotatable bonds is 7. The molecule has 0 saturated carbocycles. The number of furan rings is 1. The molecule has 5 nitrogen and oxygen atoms in total. The molecule has 62 heavy (non-hydrogen) atoms. The van der Waals surface area contributed by atoms with Gasteiger partial charge < -0.3 is 8.98 Å². The second kappa shape index (κ2) is 14.7. The van der Waals surface area contributed by atoms with Gasteiger partial charge in [0.25, 0.3) is 0 Å². The topological polar surface area (TPSA) is 56.7 Å². The number of para-hydroxylation sites is 1. The first-order chi connectivity index (χ1) is 30.7. The smallest absolute Gasteiger partial charge is 0.164 e. The van der Waals surface area contributed by atoms with Gasteiger partial charge in [0.1, 0.15) is 11.2 Å². The van der Waals surface area contributed by atoms with Gasteiger partial charge in [-0.1, -0.05) is 176 Å². The third-order valence-electron chi connectivity index (χ3n) is 11.9. The molecule has 0 aliphatic carbocycles. The van der Waals surface area contributed by atoms with Crippen LogP contribution in [0.25, 0.3) is 117 Å². The zero-order valence-electron chi connectivity index (χ0n) is 33.5. The number of hydrogen-bond acceptors (Lipinski definition) is 4. The average molecular weight is 793 g/mol. The fourth-order valence-electron chi connectivity index (χ4n) is 8.91. The van der Waals surface area contributed by atoms with E-state index < -0.39 is 0 Å². The molecule has 0 fully saturated rings. The average Bonchev–Trinajstić information content (AvgIpc) is 3.91. The largest absolute Gasteiger partial charge is 0.456 e. The molecule has 0 bridgehead atoms. The highest BCUT2D eigenvalue weighted by atomic mass is 16.3. The number of aromatic nitrogens is 4. The monoisotopic (exact) mass is 792 g/mol. The van der Waals surface area contributed by atoms with Crippen molar-refractivity contribution in [2.45, 2.75) is 0 Å². The summed E-state index contributed by atoms with van der Waals surface area (Å²) in [6.45, 7) is 0. The van der Waals surface area contributed by atoms with Crippen molar-refractivity contribution in [2.24, 2.45) is 0 Å². The van der Waals surface area contributed by atoms with E-state index in [4.69, 9.17) is 19.4 Å². The first-order valence-corrected chi connectivity index (χ1v) is 20.8. The summed E-state index contributed by atoms with van der Waals surface area (Å²) in [4.78, 5) is 15.8. The molecule has 3 heterocycles. The highest BCUT2D eigenvalue weighted by molar-refractivity contribution is 6.26. The van der Waals surface area contributed by atoms with E-state index in [1.165, 1.54) is 16.5 Å². The molecule has 12 aromatic rings. The Morgan fingerprint density at radius 2 is 0.823 bits per heavy atom. The molecule has 9 aromatic carbocycles. The van der Waals surface area contributed by atoms with Crippen LogP contribution in [0.5, 0.6) is 0 Å². The summed E-state index contributed by atoms with van der Waals surface area (Å²) in [5.74, 6) is 1.76. The maximum absolute atomic E-state index is 6.75. The van der Waals surface area contributed by atoms with Crippen molar-refractivity contribution in [1.29, 1.82) is 0 Å². The number of hydrogen-bond donors (Lipinski definition) is 0. The first kappa shape index (κ1) is 35.5. The Morgan fingerprint density at radius 1 is 0.323 bits per heavy atom. The van der Waals surface area contributed by atoms with Crippen molar-refractivity contribution in [3.63, 3.8) is 0 Å². The van der Waals surface area contributed by atoms with Gasteiger partial charge in [-0.2, -0.15) is 0 Å². The van der Waals surface area contributed by atoms with Crippen LogP contribution in [0.1, 0.15) is 0 Å². The lowest BCUT2D eigenvalue weighted by Gasteiger charge is -2.12. The minimum atomic E-state index is 0.572.